The molecule has 0 aliphatic heterocycles. The van der Waals surface area contributed by atoms with Gasteiger partial charge in [-0.25, -0.2) is 15.0 Å². The molecule has 0 aliphatic rings. The zero-order valence-electron chi connectivity index (χ0n) is 13.8. The van der Waals surface area contributed by atoms with Crippen LogP contribution in [0.5, 0.6) is 0 Å². The van der Waals surface area contributed by atoms with E-state index in [1.54, 1.807) is 0 Å². The molecule has 0 aliphatic carbocycles. The second-order valence-electron chi connectivity index (χ2n) is 5.97. The number of aliphatic hydroxyl groups excluding tert-OH is 1. The number of fused-ring (bicyclic) bond motifs is 1. The molecule has 25 heavy (non-hydrogen) atoms. The molecule has 0 unspecified atom stereocenters. The molecule has 4 heteroatoms. The Bertz CT molecular complexity index is 1040. The van der Waals surface area contributed by atoms with Gasteiger partial charge in [0.25, 0.3) is 0 Å². The van der Waals surface area contributed by atoms with Crippen LogP contribution in [-0.4, -0.2) is 20.1 Å². The van der Waals surface area contributed by atoms with E-state index in [2.05, 4.69) is 9.97 Å². The minimum atomic E-state index is 0.0393. The predicted octanol–water partition coefficient (Wildman–Crippen LogP) is 4.16. The van der Waals surface area contributed by atoms with Gasteiger partial charge in [0, 0.05) is 17.1 Å². The number of aryl methyl sites for hydroxylation is 1. The molecule has 0 spiro atoms. The van der Waals surface area contributed by atoms with E-state index in [4.69, 9.17) is 4.98 Å². The molecule has 4 aromatic rings. The Morgan fingerprint density at radius 2 is 1.68 bits per heavy atom. The second-order valence-corrected chi connectivity index (χ2v) is 5.97. The molecule has 0 saturated carbocycles. The molecule has 122 valence electrons. The van der Waals surface area contributed by atoms with E-state index in [0.717, 1.165) is 39.0 Å². The summed E-state index contributed by atoms with van der Waals surface area (Å²) in [6, 6.07) is 19.7. The normalized spacial score (nSPS) is 11.0. The first-order valence-corrected chi connectivity index (χ1v) is 8.14. The van der Waals surface area contributed by atoms with Crippen LogP contribution < -0.4 is 0 Å². The van der Waals surface area contributed by atoms with Crippen LogP contribution in [0.25, 0.3) is 33.7 Å². The van der Waals surface area contributed by atoms with Gasteiger partial charge in [0.2, 0.25) is 0 Å². The molecule has 0 radical (unpaired) electrons. The van der Waals surface area contributed by atoms with E-state index in [9.17, 15) is 5.11 Å². The van der Waals surface area contributed by atoms with Crippen molar-refractivity contribution in [2.75, 3.05) is 0 Å². The fourth-order valence-corrected chi connectivity index (χ4v) is 2.81. The summed E-state index contributed by atoms with van der Waals surface area (Å²) in [5, 5.41) is 10.2. The summed E-state index contributed by atoms with van der Waals surface area (Å²) in [6.45, 7) is 2.07. The molecule has 0 amide bonds. The maximum absolute atomic E-state index is 9.20. The van der Waals surface area contributed by atoms with Crippen molar-refractivity contribution in [3.05, 3.63) is 78.0 Å². The Morgan fingerprint density at radius 3 is 2.48 bits per heavy atom. The average molecular weight is 327 g/mol. The minimum Gasteiger partial charge on any atom is -0.392 e. The molecule has 0 bridgehead atoms. The van der Waals surface area contributed by atoms with Crippen molar-refractivity contribution in [1.29, 1.82) is 0 Å². The summed E-state index contributed by atoms with van der Waals surface area (Å²) in [5.74, 6) is 0.618. The number of nitrogens with zero attached hydrogens (tertiary/aromatic N) is 3. The van der Waals surface area contributed by atoms with Gasteiger partial charge in [-0.05, 0) is 30.2 Å². The highest BCUT2D eigenvalue weighted by atomic mass is 16.3. The van der Waals surface area contributed by atoms with Gasteiger partial charge in [0.05, 0.1) is 17.8 Å². The van der Waals surface area contributed by atoms with Crippen LogP contribution in [0.3, 0.4) is 0 Å². The van der Waals surface area contributed by atoms with Gasteiger partial charge < -0.3 is 5.11 Å². The molecular weight excluding hydrogens is 310 g/mol. The Balaban J connectivity index is 1.79. The van der Waals surface area contributed by atoms with Crippen molar-refractivity contribution >= 4 is 10.9 Å². The third-order valence-electron chi connectivity index (χ3n) is 4.23. The van der Waals surface area contributed by atoms with E-state index >= 15 is 0 Å². The highest BCUT2D eigenvalue weighted by Gasteiger charge is 2.09. The molecule has 4 nitrogen and oxygen atoms in total. The molecule has 1 N–H and O–H groups in total. The molecule has 0 atom stereocenters. The Hall–Kier alpha value is -3.11. The fourth-order valence-electron chi connectivity index (χ4n) is 2.81. The minimum absolute atomic E-state index is 0.0393. The van der Waals surface area contributed by atoms with E-state index < -0.39 is 0 Å². The van der Waals surface area contributed by atoms with Crippen LogP contribution in [0.15, 0.2) is 66.9 Å². The summed E-state index contributed by atoms with van der Waals surface area (Å²) in [5.41, 5.74) is 5.54. The lowest BCUT2D eigenvalue weighted by molar-refractivity contribution is 0.282. The highest BCUT2D eigenvalue weighted by molar-refractivity contribution is 5.79. The van der Waals surface area contributed by atoms with Gasteiger partial charge in [-0.3, -0.25) is 0 Å². The molecule has 2 aromatic carbocycles. The van der Waals surface area contributed by atoms with Crippen LogP contribution in [0.4, 0.5) is 0 Å². The smallest absolute Gasteiger partial charge is 0.178 e. The van der Waals surface area contributed by atoms with Gasteiger partial charge >= 0.3 is 0 Å². The van der Waals surface area contributed by atoms with Gasteiger partial charge in [-0.1, -0.05) is 48.5 Å². The monoisotopic (exact) mass is 327 g/mol. The van der Waals surface area contributed by atoms with Crippen molar-refractivity contribution in [3.8, 4) is 22.8 Å². The van der Waals surface area contributed by atoms with Crippen molar-refractivity contribution in [2.45, 2.75) is 13.5 Å². The first kappa shape index (κ1) is 15.4. The SMILES string of the molecule is Cc1ccc(-c2ncc3ccccc3n2)nc1-c1ccc(CO)cc1. The van der Waals surface area contributed by atoms with Crippen LogP contribution in [-0.2, 0) is 6.61 Å². The zero-order chi connectivity index (χ0) is 17.2. The molecule has 2 heterocycles. The topological polar surface area (TPSA) is 58.9 Å². The number of pyridine rings is 1. The number of benzene rings is 2. The van der Waals surface area contributed by atoms with Crippen LogP contribution in [0.1, 0.15) is 11.1 Å². The number of para-hydroxylation sites is 1. The fraction of sp³-hybridized carbons (Fsp3) is 0.0952. The molecular formula is C21H17N3O. The van der Waals surface area contributed by atoms with Crippen molar-refractivity contribution in [1.82, 2.24) is 15.0 Å². The first-order valence-electron chi connectivity index (χ1n) is 8.14. The Labute approximate surface area is 145 Å². The Kier molecular flexibility index (Phi) is 3.96. The number of hydrogen-bond acceptors (Lipinski definition) is 4. The van der Waals surface area contributed by atoms with Crippen molar-refractivity contribution in [2.24, 2.45) is 0 Å². The number of hydrogen-bond donors (Lipinski definition) is 1. The maximum Gasteiger partial charge on any atom is 0.178 e. The summed E-state index contributed by atoms with van der Waals surface area (Å²) in [7, 11) is 0. The van der Waals surface area contributed by atoms with E-state index in [1.807, 2.05) is 73.8 Å². The van der Waals surface area contributed by atoms with Crippen LogP contribution in [0.2, 0.25) is 0 Å². The number of aliphatic hydroxyl groups is 1. The third kappa shape index (κ3) is 2.99. The van der Waals surface area contributed by atoms with Crippen molar-refractivity contribution < 1.29 is 5.11 Å². The van der Waals surface area contributed by atoms with Crippen LogP contribution >= 0.6 is 0 Å². The highest BCUT2D eigenvalue weighted by Crippen LogP contribution is 2.25. The van der Waals surface area contributed by atoms with E-state index in [1.165, 1.54) is 0 Å². The summed E-state index contributed by atoms with van der Waals surface area (Å²) in [4.78, 5) is 13.9. The quantitative estimate of drug-likeness (QED) is 0.614. The molecule has 0 fully saturated rings. The maximum atomic E-state index is 9.20. The lowest BCUT2D eigenvalue weighted by atomic mass is 10.0. The van der Waals surface area contributed by atoms with Crippen LogP contribution in [0, 0.1) is 6.92 Å². The van der Waals surface area contributed by atoms with Gasteiger partial charge in [-0.15, -0.1) is 0 Å². The van der Waals surface area contributed by atoms with Gasteiger partial charge in [-0.2, -0.15) is 0 Å². The largest absolute Gasteiger partial charge is 0.392 e. The summed E-state index contributed by atoms with van der Waals surface area (Å²) in [6.07, 6.45) is 1.83. The second kappa shape index (κ2) is 6.42. The molecule has 4 rings (SSSR count). The van der Waals surface area contributed by atoms with Gasteiger partial charge in [0.1, 0.15) is 5.69 Å². The summed E-state index contributed by atoms with van der Waals surface area (Å²) < 4.78 is 0. The zero-order valence-corrected chi connectivity index (χ0v) is 13.8. The van der Waals surface area contributed by atoms with E-state index in [0.29, 0.717) is 5.82 Å². The standard InChI is InChI=1S/C21H17N3O/c1-14-6-11-19(21-22-12-17-4-2-3-5-18(17)24-21)23-20(14)16-9-7-15(13-25)8-10-16/h2-12,25H,13H2,1H3. The first-order chi connectivity index (χ1) is 12.2. The third-order valence-corrected chi connectivity index (χ3v) is 4.23. The number of aromatic nitrogens is 3. The van der Waals surface area contributed by atoms with E-state index in [-0.39, 0.29) is 6.61 Å². The Morgan fingerprint density at radius 1 is 0.880 bits per heavy atom. The molecule has 2 aromatic heterocycles. The number of rotatable bonds is 3. The lowest BCUT2D eigenvalue weighted by Gasteiger charge is -2.09. The van der Waals surface area contributed by atoms with Gasteiger partial charge in [0.15, 0.2) is 5.82 Å². The lowest BCUT2D eigenvalue weighted by Crippen LogP contribution is -1.96. The predicted molar refractivity (Wildman–Crippen MR) is 98.9 cm³/mol. The average Bonchev–Trinajstić information content (AvgIpc) is 2.68. The molecule has 0 saturated heterocycles. The summed E-state index contributed by atoms with van der Waals surface area (Å²) >= 11 is 0. The van der Waals surface area contributed by atoms with Crippen molar-refractivity contribution in [3.63, 3.8) is 0 Å².